The molecule has 1 aromatic rings. The van der Waals surface area contributed by atoms with E-state index >= 15 is 0 Å². The standard InChI is InChI=1S/C34H48O2/c1-23(2)10-9-11-24(3)29-16-17-30-28-15-14-26-22-27(36-32(35)25-12-7-6-8-13-25)18-20-33(26,4)31(28)19-21-34(29,30)5/h6-8,12-13,16-17,23-24,26-27,29-30H,9-11,14-15,18-22H2,1-5H3/t24-,26?,27+,29-,30-,33+,34-/m1/s1. The van der Waals surface area contributed by atoms with E-state index in [1.54, 1.807) is 11.1 Å². The highest BCUT2D eigenvalue weighted by atomic mass is 16.5. The minimum absolute atomic E-state index is 0.0641. The monoisotopic (exact) mass is 488 g/mol. The SMILES string of the molecule is CC(C)CCC[C@@H](C)[C@H]1C=C[C@@H]2C3=C(CC[C@@]21C)[C@@]1(C)CC[C@H](OC(=O)c2ccccc2)CC1CC3. The summed E-state index contributed by atoms with van der Waals surface area (Å²) < 4.78 is 6.01. The Kier molecular flexibility index (Phi) is 7.27. The van der Waals surface area contributed by atoms with Gasteiger partial charge in [0.15, 0.2) is 0 Å². The Bertz CT molecular complexity index is 1000. The molecule has 0 aliphatic heterocycles. The van der Waals surface area contributed by atoms with E-state index < -0.39 is 0 Å². The maximum Gasteiger partial charge on any atom is 0.338 e. The van der Waals surface area contributed by atoms with Crippen LogP contribution in [0.25, 0.3) is 0 Å². The molecule has 1 saturated carbocycles. The summed E-state index contributed by atoms with van der Waals surface area (Å²) in [6, 6.07) is 9.49. The molecule has 0 spiro atoms. The van der Waals surface area contributed by atoms with Gasteiger partial charge in [-0.25, -0.2) is 4.79 Å². The Morgan fingerprint density at radius 1 is 1.00 bits per heavy atom. The van der Waals surface area contributed by atoms with Gasteiger partial charge in [-0.15, -0.1) is 0 Å². The third-order valence-corrected chi connectivity index (χ3v) is 10.9. The van der Waals surface area contributed by atoms with Crippen molar-refractivity contribution in [3.8, 4) is 0 Å². The highest BCUT2D eigenvalue weighted by Gasteiger charge is 2.54. The number of allylic oxidation sites excluding steroid dienone is 4. The molecule has 2 heteroatoms. The van der Waals surface area contributed by atoms with E-state index in [0.29, 0.717) is 28.2 Å². The second-order valence-corrected chi connectivity index (χ2v) is 13.5. The lowest BCUT2D eigenvalue weighted by Gasteiger charge is -2.55. The van der Waals surface area contributed by atoms with Gasteiger partial charge in [-0.3, -0.25) is 0 Å². The van der Waals surface area contributed by atoms with Crippen LogP contribution in [0.1, 0.15) is 109 Å². The Labute approximate surface area is 220 Å². The summed E-state index contributed by atoms with van der Waals surface area (Å²) in [6.45, 7) is 12.4. The van der Waals surface area contributed by atoms with Gasteiger partial charge < -0.3 is 4.74 Å². The van der Waals surface area contributed by atoms with Gasteiger partial charge in [-0.1, -0.05) is 95.4 Å². The lowest BCUT2D eigenvalue weighted by molar-refractivity contribution is -0.0151. The molecule has 0 bridgehead atoms. The zero-order chi connectivity index (χ0) is 25.5. The van der Waals surface area contributed by atoms with E-state index in [1.165, 1.54) is 44.9 Å². The molecule has 4 aliphatic carbocycles. The van der Waals surface area contributed by atoms with Crippen molar-refractivity contribution < 1.29 is 9.53 Å². The third kappa shape index (κ3) is 4.63. The highest BCUT2D eigenvalue weighted by Crippen LogP contribution is 2.64. The van der Waals surface area contributed by atoms with Crippen LogP contribution in [0.3, 0.4) is 0 Å². The molecule has 1 aromatic carbocycles. The predicted molar refractivity (Wildman–Crippen MR) is 149 cm³/mol. The van der Waals surface area contributed by atoms with E-state index in [0.717, 1.165) is 37.0 Å². The van der Waals surface area contributed by atoms with Crippen molar-refractivity contribution in [1.82, 2.24) is 0 Å². The summed E-state index contributed by atoms with van der Waals surface area (Å²) >= 11 is 0. The maximum atomic E-state index is 12.7. The molecule has 2 nitrogen and oxygen atoms in total. The molecule has 1 unspecified atom stereocenters. The molecule has 0 heterocycles. The lowest BCUT2D eigenvalue weighted by Crippen LogP contribution is -2.46. The van der Waals surface area contributed by atoms with E-state index in [2.05, 4.69) is 46.8 Å². The largest absolute Gasteiger partial charge is 0.459 e. The maximum absolute atomic E-state index is 12.7. The van der Waals surface area contributed by atoms with E-state index in [-0.39, 0.29) is 12.1 Å². The summed E-state index contributed by atoms with van der Waals surface area (Å²) in [5, 5.41) is 0. The van der Waals surface area contributed by atoms with Crippen LogP contribution in [0, 0.1) is 40.4 Å². The average Bonchev–Trinajstić information content (AvgIpc) is 3.22. The molecule has 0 amide bonds. The number of rotatable bonds is 7. The first-order chi connectivity index (χ1) is 17.2. The number of hydrogen-bond acceptors (Lipinski definition) is 2. The lowest BCUT2D eigenvalue weighted by atomic mass is 9.50. The highest BCUT2D eigenvalue weighted by molar-refractivity contribution is 5.89. The molecule has 196 valence electrons. The Hall–Kier alpha value is -1.83. The predicted octanol–water partition coefficient (Wildman–Crippen LogP) is 9.17. The molecule has 5 rings (SSSR count). The zero-order valence-corrected chi connectivity index (χ0v) is 23.4. The minimum atomic E-state index is -0.155. The average molecular weight is 489 g/mol. The van der Waals surface area contributed by atoms with Gasteiger partial charge in [0.2, 0.25) is 0 Å². The normalized spacial score (nSPS) is 36.3. The molecule has 4 aliphatic rings. The second kappa shape index (κ2) is 10.1. The first-order valence-electron chi connectivity index (χ1n) is 14.9. The van der Waals surface area contributed by atoms with E-state index in [9.17, 15) is 4.79 Å². The van der Waals surface area contributed by atoms with Crippen LogP contribution in [-0.2, 0) is 4.74 Å². The molecule has 1 fully saturated rings. The van der Waals surface area contributed by atoms with Gasteiger partial charge in [0.05, 0.1) is 5.56 Å². The van der Waals surface area contributed by atoms with Crippen LogP contribution >= 0.6 is 0 Å². The quantitative estimate of drug-likeness (QED) is 0.282. The topological polar surface area (TPSA) is 26.3 Å². The van der Waals surface area contributed by atoms with E-state index in [4.69, 9.17) is 4.74 Å². The van der Waals surface area contributed by atoms with Crippen LogP contribution in [0.4, 0.5) is 0 Å². The fourth-order valence-corrected chi connectivity index (χ4v) is 8.71. The molecule has 0 aromatic heterocycles. The van der Waals surface area contributed by atoms with Gasteiger partial charge in [-0.05, 0) is 91.6 Å². The fraction of sp³-hybridized carbons (Fsp3) is 0.676. The molecule has 0 radical (unpaired) electrons. The van der Waals surface area contributed by atoms with Gasteiger partial charge in [0, 0.05) is 5.92 Å². The Balaban J connectivity index is 1.27. The fourth-order valence-electron chi connectivity index (χ4n) is 8.71. The van der Waals surface area contributed by atoms with Gasteiger partial charge in [0.25, 0.3) is 0 Å². The molecular formula is C34H48O2. The van der Waals surface area contributed by atoms with Crippen molar-refractivity contribution in [2.45, 2.75) is 105 Å². The molecule has 36 heavy (non-hydrogen) atoms. The number of benzene rings is 1. The van der Waals surface area contributed by atoms with Gasteiger partial charge in [-0.2, -0.15) is 0 Å². The molecule has 0 saturated heterocycles. The molecular weight excluding hydrogens is 440 g/mol. The Morgan fingerprint density at radius 2 is 1.78 bits per heavy atom. The van der Waals surface area contributed by atoms with Crippen LogP contribution in [0.15, 0.2) is 53.6 Å². The molecule has 0 N–H and O–H groups in total. The Morgan fingerprint density at radius 3 is 2.53 bits per heavy atom. The zero-order valence-electron chi connectivity index (χ0n) is 23.4. The molecule has 7 atom stereocenters. The summed E-state index contributed by atoms with van der Waals surface area (Å²) in [7, 11) is 0. The van der Waals surface area contributed by atoms with Crippen LogP contribution in [0.2, 0.25) is 0 Å². The smallest absolute Gasteiger partial charge is 0.338 e. The van der Waals surface area contributed by atoms with Crippen molar-refractivity contribution in [3.63, 3.8) is 0 Å². The summed E-state index contributed by atoms with van der Waals surface area (Å²) in [5.41, 5.74) is 4.97. The second-order valence-electron chi connectivity index (χ2n) is 13.5. The third-order valence-electron chi connectivity index (χ3n) is 10.9. The van der Waals surface area contributed by atoms with Crippen molar-refractivity contribution >= 4 is 5.97 Å². The number of hydrogen-bond donors (Lipinski definition) is 0. The first-order valence-corrected chi connectivity index (χ1v) is 14.9. The summed E-state index contributed by atoms with van der Waals surface area (Å²) in [4.78, 5) is 12.7. The minimum Gasteiger partial charge on any atom is -0.459 e. The van der Waals surface area contributed by atoms with Crippen molar-refractivity contribution in [2.75, 3.05) is 0 Å². The van der Waals surface area contributed by atoms with Crippen molar-refractivity contribution in [1.29, 1.82) is 0 Å². The number of fused-ring (bicyclic) bond motifs is 4. The van der Waals surface area contributed by atoms with Crippen LogP contribution < -0.4 is 0 Å². The first kappa shape index (κ1) is 25.8. The summed E-state index contributed by atoms with van der Waals surface area (Å²) in [5.74, 6) is 3.44. The number of ether oxygens (including phenoxy) is 1. The van der Waals surface area contributed by atoms with Crippen molar-refractivity contribution in [2.24, 2.45) is 40.4 Å². The summed E-state index contributed by atoms with van der Waals surface area (Å²) in [6.07, 6.45) is 17.7. The number of esters is 1. The number of carbonyl (C=O) groups is 1. The van der Waals surface area contributed by atoms with Gasteiger partial charge >= 0.3 is 5.97 Å². The number of carbonyl (C=O) groups excluding carboxylic acids is 1. The van der Waals surface area contributed by atoms with Crippen LogP contribution in [0.5, 0.6) is 0 Å². The van der Waals surface area contributed by atoms with E-state index in [1.807, 2.05) is 30.3 Å². The van der Waals surface area contributed by atoms with Crippen LogP contribution in [-0.4, -0.2) is 12.1 Å². The van der Waals surface area contributed by atoms with Gasteiger partial charge in [0.1, 0.15) is 6.10 Å². The van der Waals surface area contributed by atoms with Crippen molar-refractivity contribution in [3.05, 3.63) is 59.2 Å².